The van der Waals surface area contributed by atoms with Gasteiger partial charge in [0.2, 0.25) is 0 Å². The number of imide groups is 1. The summed E-state index contributed by atoms with van der Waals surface area (Å²) in [6, 6.07) is -0.339. The summed E-state index contributed by atoms with van der Waals surface area (Å²) in [7, 11) is 0. The maximum absolute atomic E-state index is 11.4. The summed E-state index contributed by atoms with van der Waals surface area (Å²) in [5.74, 6) is 0.228. The molecule has 1 heterocycles. The summed E-state index contributed by atoms with van der Waals surface area (Å²) in [4.78, 5) is 22.3. The molecule has 2 fully saturated rings. The van der Waals surface area contributed by atoms with Crippen molar-refractivity contribution in [2.75, 3.05) is 0 Å². The Labute approximate surface area is 70.7 Å². The Morgan fingerprint density at radius 2 is 2.17 bits per heavy atom. The molecule has 1 aliphatic carbocycles. The number of nitrogens with one attached hydrogen (secondary N) is 2. The van der Waals surface area contributed by atoms with Crippen LogP contribution in [0.5, 0.6) is 0 Å². The van der Waals surface area contributed by atoms with Gasteiger partial charge in [0.15, 0.2) is 0 Å². The van der Waals surface area contributed by atoms with Crippen LogP contribution in [0.1, 0.15) is 26.2 Å². The lowest BCUT2D eigenvalue weighted by Crippen LogP contribution is -2.48. The molecular formula is C8H12N2O2. The van der Waals surface area contributed by atoms with Gasteiger partial charge in [-0.1, -0.05) is 6.92 Å². The maximum Gasteiger partial charge on any atom is 0.322 e. The smallest absolute Gasteiger partial charge is 0.322 e. The molecule has 1 aliphatic heterocycles. The molecule has 2 aliphatic rings. The Kier molecular flexibility index (Phi) is 1.40. The molecule has 12 heavy (non-hydrogen) atoms. The van der Waals surface area contributed by atoms with Crippen molar-refractivity contribution in [2.45, 2.75) is 31.7 Å². The van der Waals surface area contributed by atoms with Crippen LogP contribution >= 0.6 is 0 Å². The van der Waals surface area contributed by atoms with Crippen molar-refractivity contribution in [3.63, 3.8) is 0 Å². The SMILES string of the molecule is CC[C@@]1(C2CC2)NC(=O)NC1=O. The van der Waals surface area contributed by atoms with Gasteiger partial charge in [-0.05, 0) is 25.2 Å². The van der Waals surface area contributed by atoms with Gasteiger partial charge in [-0.3, -0.25) is 10.1 Å². The largest absolute Gasteiger partial charge is 0.323 e. The van der Waals surface area contributed by atoms with E-state index in [9.17, 15) is 9.59 Å². The highest BCUT2D eigenvalue weighted by atomic mass is 16.2. The van der Waals surface area contributed by atoms with E-state index >= 15 is 0 Å². The number of urea groups is 1. The van der Waals surface area contributed by atoms with Gasteiger partial charge in [0.25, 0.3) is 5.91 Å². The number of hydrogen-bond donors (Lipinski definition) is 2. The lowest BCUT2D eigenvalue weighted by Gasteiger charge is -2.23. The van der Waals surface area contributed by atoms with E-state index in [4.69, 9.17) is 0 Å². The Balaban J connectivity index is 2.26. The van der Waals surface area contributed by atoms with E-state index in [0.29, 0.717) is 12.3 Å². The number of amides is 3. The van der Waals surface area contributed by atoms with E-state index in [0.717, 1.165) is 12.8 Å². The van der Waals surface area contributed by atoms with E-state index < -0.39 is 5.54 Å². The average molecular weight is 168 g/mol. The lowest BCUT2D eigenvalue weighted by atomic mass is 9.90. The van der Waals surface area contributed by atoms with E-state index in [2.05, 4.69) is 10.6 Å². The first kappa shape index (κ1) is 7.58. The third-order valence-electron chi connectivity index (χ3n) is 2.80. The number of hydrogen-bond acceptors (Lipinski definition) is 2. The molecule has 1 atom stereocenters. The van der Waals surface area contributed by atoms with Gasteiger partial charge in [-0.15, -0.1) is 0 Å². The second-order valence-corrected chi connectivity index (χ2v) is 3.51. The Bertz CT molecular complexity index is 247. The summed E-state index contributed by atoms with van der Waals surface area (Å²) in [5, 5.41) is 5.02. The van der Waals surface area contributed by atoms with Gasteiger partial charge < -0.3 is 5.32 Å². The molecular weight excluding hydrogens is 156 g/mol. The van der Waals surface area contributed by atoms with E-state index in [1.54, 1.807) is 0 Å². The molecule has 3 amide bonds. The number of carbonyl (C=O) groups is 2. The molecule has 0 aromatic heterocycles. The fraction of sp³-hybridized carbons (Fsp3) is 0.750. The van der Waals surface area contributed by atoms with Crippen molar-refractivity contribution in [1.82, 2.24) is 10.6 Å². The quantitative estimate of drug-likeness (QED) is 0.586. The van der Waals surface area contributed by atoms with E-state index in [-0.39, 0.29) is 11.9 Å². The predicted molar refractivity (Wildman–Crippen MR) is 42.4 cm³/mol. The van der Waals surface area contributed by atoms with Crippen LogP contribution in [0.25, 0.3) is 0 Å². The molecule has 2 rings (SSSR count). The standard InChI is InChI=1S/C8H12N2O2/c1-2-8(5-3-4-5)6(11)9-7(12)10-8/h5H,2-4H2,1H3,(H2,9,10,11,12)/t8-/m0/s1. The monoisotopic (exact) mass is 168 g/mol. The first-order valence-corrected chi connectivity index (χ1v) is 4.32. The molecule has 0 aromatic carbocycles. The summed E-state index contributed by atoms with van der Waals surface area (Å²) in [6.45, 7) is 1.93. The molecule has 66 valence electrons. The Morgan fingerprint density at radius 1 is 1.50 bits per heavy atom. The normalized spacial score (nSPS) is 34.8. The Morgan fingerprint density at radius 3 is 2.50 bits per heavy atom. The van der Waals surface area contributed by atoms with Crippen LogP contribution in [0.3, 0.4) is 0 Å². The first-order chi connectivity index (χ1) is 5.69. The molecule has 4 nitrogen and oxygen atoms in total. The van der Waals surface area contributed by atoms with Gasteiger partial charge >= 0.3 is 6.03 Å². The van der Waals surface area contributed by atoms with Crippen LogP contribution in [-0.4, -0.2) is 17.5 Å². The van der Waals surface area contributed by atoms with Crippen molar-refractivity contribution in [1.29, 1.82) is 0 Å². The van der Waals surface area contributed by atoms with Gasteiger partial charge in [0, 0.05) is 0 Å². The van der Waals surface area contributed by atoms with Crippen LogP contribution in [0.15, 0.2) is 0 Å². The van der Waals surface area contributed by atoms with Crippen molar-refractivity contribution in [2.24, 2.45) is 5.92 Å². The number of carbonyl (C=O) groups excluding carboxylic acids is 2. The van der Waals surface area contributed by atoms with Crippen molar-refractivity contribution < 1.29 is 9.59 Å². The molecule has 0 bridgehead atoms. The molecule has 1 saturated heterocycles. The zero-order valence-corrected chi connectivity index (χ0v) is 7.02. The highest BCUT2D eigenvalue weighted by Gasteiger charge is 2.54. The summed E-state index contributed by atoms with van der Waals surface area (Å²) in [5.41, 5.74) is -0.572. The van der Waals surface area contributed by atoms with Crippen LogP contribution in [0, 0.1) is 5.92 Å². The van der Waals surface area contributed by atoms with Crippen LogP contribution in [0.4, 0.5) is 4.79 Å². The van der Waals surface area contributed by atoms with Gasteiger partial charge in [0.05, 0.1) is 0 Å². The second kappa shape index (κ2) is 2.21. The Hall–Kier alpha value is -1.06. The van der Waals surface area contributed by atoms with Crippen molar-refractivity contribution >= 4 is 11.9 Å². The van der Waals surface area contributed by atoms with Crippen molar-refractivity contribution in [3.8, 4) is 0 Å². The van der Waals surface area contributed by atoms with Gasteiger partial charge in [0.1, 0.15) is 5.54 Å². The van der Waals surface area contributed by atoms with Crippen LogP contribution in [-0.2, 0) is 4.79 Å². The molecule has 0 aromatic rings. The summed E-state index contributed by atoms with van der Waals surface area (Å²) >= 11 is 0. The minimum absolute atomic E-state index is 0.141. The first-order valence-electron chi connectivity index (χ1n) is 4.32. The van der Waals surface area contributed by atoms with Gasteiger partial charge in [-0.25, -0.2) is 4.79 Å². The molecule has 0 radical (unpaired) electrons. The molecule has 0 unspecified atom stereocenters. The highest BCUT2D eigenvalue weighted by Crippen LogP contribution is 2.42. The van der Waals surface area contributed by atoms with Gasteiger partial charge in [-0.2, -0.15) is 0 Å². The minimum atomic E-state index is -0.572. The topological polar surface area (TPSA) is 58.2 Å². The third kappa shape index (κ3) is 0.838. The molecule has 0 spiro atoms. The summed E-state index contributed by atoms with van der Waals surface area (Å²) in [6.07, 6.45) is 2.80. The number of rotatable bonds is 2. The molecule has 1 saturated carbocycles. The van der Waals surface area contributed by atoms with Crippen molar-refractivity contribution in [3.05, 3.63) is 0 Å². The van der Waals surface area contributed by atoms with E-state index in [1.807, 2.05) is 6.92 Å². The average Bonchev–Trinajstić information content (AvgIpc) is 2.79. The fourth-order valence-electron chi connectivity index (χ4n) is 1.91. The summed E-state index contributed by atoms with van der Waals surface area (Å²) < 4.78 is 0. The van der Waals surface area contributed by atoms with E-state index in [1.165, 1.54) is 0 Å². The van der Waals surface area contributed by atoms with Crippen LogP contribution in [0.2, 0.25) is 0 Å². The highest BCUT2D eigenvalue weighted by molar-refractivity contribution is 6.07. The fourth-order valence-corrected chi connectivity index (χ4v) is 1.91. The zero-order valence-electron chi connectivity index (χ0n) is 7.02. The second-order valence-electron chi connectivity index (χ2n) is 3.51. The minimum Gasteiger partial charge on any atom is -0.323 e. The lowest BCUT2D eigenvalue weighted by molar-refractivity contribution is -0.124. The zero-order chi connectivity index (χ0) is 8.77. The predicted octanol–water partition coefficient (Wildman–Crippen LogP) is 0.385. The molecule has 4 heteroatoms. The molecule has 2 N–H and O–H groups in total. The van der Waals surface area contributed by atoms with Crippen LogP contribution < -0.4 is 10.6 Å². The third-order valence-corrected chi connectivity index (χ3v) is 2.80. The maximum atomic E-state index is 11.4.